The fourth-order valence-electron chi connectivity index (χ4n) is 1.88. The third-order valence-electron chi connectivity index (χ3n) is 2.84. The van der Waals surface area contributed by atoms with Gasteiger partial charge in [0.25, 0.3) is 0 Å². The van der Waals surface area contributed by atoms with Crippen molar-refractivity contribution in [2.45, 2.75) is 25.9 Å². The zero-order valence-corrected chi connectivity index (χ0v) is 13.3. The van der Waals surface area contributed by atoms with Gasteiger partial charge in [-0.3, -0.25) is 4.90 Å². The highest BCUT2D eigenvalue weighted by Crippen LogP contribution is 2.33. The summed E-state index contributed by atoms with van der Waals surface area (Å²) in [6.07, 6.45) is 1.23. The van der Waals surface area contributed by atoms with Crippen molar-refractivity contribution in [1.82, 2.24) is 10.2 Å². The van der Waals surface area contributed by atoms with Gasteiger partial charge in [-0.05, 0) is 50.9 Å². The molecular formula is C11H16Br2N2S. The van der Waals surface area contributed by atoms with Crippen LogP contribution >= 0.6 is 43.2 Å². The van der Waals surface area contributed by atoms with Crippen LogP contribution in [0.2, 0.25) is 0 Å². The van der Waals surface area contributed by atoms with E-state index >= 15 is 0 Å². The van der Waals surface area contributed by atoms with Crippen LogP contribution in [0.5, 0.6) is 0 Å². The van der Waals surface area contributed by atoms with Crippen molar-refractivity contribution in [3.63, 3.8) is 0 Å². The molecule has 2 nitrogen and oxygen atoms in total. The van der Waals surface area contributed by atoms with Gasteiger partial charge in [0.15, 0.2) is 0 Å². The summed E-state index contributed by atoms with van der Waals surface area (Å²) < 4.78 is 2.38. The number of hydrogen-bond acceptors (Lipinski definition) is 3. The Balaban J connectivity index is 1.98. The minimum atomic E-state index is 0.736. The fraction of sp³-hybridized carbons (Fsp3) is 0.636. The zero-order valence-electron chi connectivity index (χ0n) is 9.30. The maximum atomic E-state index is 3.55. The number of halogens is 2. The van der Waals surface area contributed by atoms with Gasteiger partial charge in [-0.1, -0.05) is 6.92 Å². The standard InChI is InChI=1S/C11H16Br2N2S/c1-2-3-15(8-5-14-6-8)7-9-4-10(12)11(13)16-9/h4,8,14H,2-3,5-7H2,1H3. The highest BCUT2D eigenvalue weighted by molar-refractivity contribution is 9.13. The zero-order chi connectivity index (χ0) is 11.5. The summed E-state index contributed by atoms with van der Waals surface area (Å²) >= 11 is 8.93. The van der Waals surface area contributed by atoms with Crippen molar-refractivity contribution >= 4 is 43.2 Å². The average molecular weight is 368 g/mol. The lowest BCUT2D eigenvalue weighted by atomic mass is 10.1. The molecule has 0 amide bonds. The molecule has 1 aromatic heterocycles. The molecule has 1 aliphatic heterocycles. The van der Waals surface area contributed by atoms with Crippen molar-refractivity contribution in [3.05, 3.63) is 19.2 Å². The molecule has 16 heavy (non-hydrogen) atoms. The fourth-order valence-corrected chi connectivity index (χ4v) is 4.08. The molecule has 1 aromatic rings. The van der Waals surface area contributed by atoms with E-state index in [9.17, 15) is 0 Å². The lowest BCUT2D eigenvalue weighted by Crippen LogP contribution is -2.56. The monoisotopic (exact) mass is 366 g/mol. The first-order chi connectivity index (χ1) is 7.70. The van der Waals surface area contributed by atoms with E-state index in [4.69, 9.17) is 0 Å². The quantitative estimate of drug-likeness (QED) is 0.857. The molecular weight excluding hydrogens is 352 g/mol. The van der Waals surface area contributed by atoms with Crippen molar-refractivity contribution in [1.29, 1.82) is 0 Å². The Labute approximate surface area is 118 Å². The number of hydrogen-bond donors (Lipinski definition) is 1. The van der Waals surface area contributed by atoms with E-state index in [1.807, 2.05) is 11.3 Å². The van der Waals surface area contributed by atoms with E-state index in [2.05, 4.69) is 55.1 Å². The minimum absolute atomic E-state index is 0.736. The summed E-state index contributed by atoms with van der Waals surface area (Å²) in [5.41, 5.74) is 0. The molecule has 1 fully saturated rings. The van der Waals surface area contributed by atoms with Crippen LogP contribution < -0.4 is 5.32 Å². The first-order valence-corrected chi connectivity index (χ1v) is 7.99. The van der Waals surface area contributed by atoms with Gasteiger partial charge in [-0.25, -0.2) is 0 Å². The predicted octanol–water partition coefficient (Wildman–Crippen LogP) is 3.46. The first kappa shape index (κ1) is 13.0. The van der Waals surface area contributed by atoms with E-state index in [1.54, 1.807) is 0 Å². The molecule has 1 saturated heterocycles. The van der Waals surface area contributed by atoms with Gasteiger partial charge >= 0.3 is 0 Å². The maximum absolute atomic E-state index is 3.55. The van der Waals surface area contributed by atoms with Gasteiger partial charge in [0, 0.05) is 35.0 Å². The highest BCUT2D eigenvalue weighted by atomic mass is 79.9. The Bertz CT molecular complexity index is 330. The predicted molar refractivity (Wildman–Crippen MR) is 77.1 cm³/mol. The molecule has 2 heterocycles. The summed E-state index contributed by atoms with van der Waals surface area (Å²) in [6, 6.07) is 2.96. The lowest BCUT2D eigenvalue weighted by molar-refractivity contribution is 0.139. The number of nitrogens with zero attached hydrogens (tertiary/aromatic N) is 1. The van der Waals surface area contributed by atoms with Crippen LogP contribution in [-0.4, -0.2) is 30.6 Å². The topological polar surface area (TPSA) is 15.3 Å². The first-order valence-electron chi connectivity index (χ1n) is 5.59. The van der Waals surface area contributed by atoms with Crippen molar-refractivity contribution in [2.24, 2.45) is 0 Å². The van der Waals surface area contributed by atoms with E-state index in [0.717, 1.165) is 25.7 Å². The summed E-state index contributed by atoms with van der Waals surface area (Å²) in [5.74, 6) is 0. The van der Waals surface area contributed by atoms with Crippen LogP contribution in [0, 0.1) is 0 Å². The molecule has 0 unspecified atom stereocenters. The number of rotatable bonds is 5. The molecule has 0 atom stereocenters. The van der Waals surface area contributed by atoms with Crippen LogP contribution in [0.1, 0.15) is 18.2 Å². The van der Waals surface area contributed by atoms with Gasteiger partial charge in [-0.2, -0.15) is 0 Å². The Morgan fingerprint density at radius 1 is 1.50 bits per heavy atom. The average Bonchev–Trinajstić information content (AvgIpc) is 2.43. The Morgan fingerprint density at radius 2 is 2.25 bits per heavy atom. The molecule has 0 radical (unpaired) electrons. The van der Waals surface area contributed by atoms with Crippen LogP contribution in [0.25, 0.3) is 0 Å². The Hall–Kier alpha value is 0.580. The van der Waals surface area contributed by atoms with Crippen molar-refractivity contribution < 1.29 is 0 Å². The highest BCUT2D eigenvalue weighted by Gasteiger charge is 2.24. The molecule has 0 aliphatic carbocycles. The van der Waals surface area contributed by atoms with Crippen LogP contribution in [0.3, 0.4) is 0 Å². The smallest absolute Gasteiger partial charge is 0.0843 e. The van der Waals surface area contributed by atoms with Crippen molar-refractivity contribution in [3.8, 4) is 0 Å². The molecule has 0 aromatic carbocycles. The molecule has 0 bridgehead atoms. The van der Waals surface area contributed by atoms with Gasteiger partial charge in [0.1, 0.15) is 0 Å². The molecule has 0 spiro atoms. The second kappa shape index (κ2) is 5.96. The normalized spacial score (nSPS) is 16.8. The molecule has 1 aliphatic rings. The van der Waals surface area contributed by atoms with Crippen LogP contribution in [-0.2, 0) is 6.54 Å². The van der Waals surface area contributed by atoms with E-state index < -0.39 is 0 Å². The van der Waals surface area contributed by atoms with Gasteiger partial charge < -0.3 is 5.32 Å². The third-order valence-corrected chi connectivity index (χ3v) is 6.08. The van der Waals surface area contributed by atoms with Gasteiger partial charge in [-0.15, -0.1) is 11.3 Å². The molecule has 2 rings (SSSR count). The van der Waals surface area contributed by atoms with Gasteiger partial charge in [0.05, 0.1) is 3.79 Å². The summed E-state index contributed by atoms with van der Waals surface area (Å²) in [7, 11) is 0. The SMILES string of the molecule is CCCN(Cc1cc(Br)c(Br)s1)C1CNC1. The minimum Gasteiger partial charge on any atom is -0.314 e. The lowest BCUT2D eigenvalue weighted by Gasteiger charge is -2.37. The summed E-state index contributed by atoms with van der Waals surface area (Å²) in [5, 5.41) is 3.35. The second-order valence-electron chi connectivity index (χ2n) is 4.12. The maximum Gasteiger partial charge on any atom is 0.0843 e. The van der Waals surface area contributed by atoms with E-state index in [-0.39, 0.29) is 0 Å². The second-order valence-corrected chi connectivity index (χ2v) is 7.43. The van der Waals surface area contributed by atoms with Crippen molar-refractivity contribution in [2.75, 3.05) is 19.6 Å². The van der Waals surface area contributed by atoms with Crippen LogP contribution in [0.4, 0.5) is 0 Å². The number of thiophene rings is 1. The number of nitrogens with one attached hydrogen (secondary N) is 1. The molecule has 5 heteroatoms. The largest absolute Gasteiger partial charge is 0.314 e. The molecule has 90 valence electrons. The third kappa shape index (κ3) is 3.07. The van der Waals surface area contributed by atoms with E-state index in [0.29, 0.717) is 0 Å². The van der Waals surface area contributed by atoms with Crippen LogP contribution in [0.15, 0.2) is 14.3 Å². The Morgan fingerprint density at radius 3 is 2.69 bits per heavy atom. The summed E-state index contributed by atoms with van der Waals surface area (Å²) in [4.78, 5) is 4.01. The molecule has 1 N–H and O–H groups in total. The Kier molecular flexibility index (Phi) is 4.85. The summed E-state index contributed by atoms with van der Waals surface area (Å²) in [6.45, 7) is 6.81. The van der Waals surface area contributed by atoms with E-state index in [1.165, 1.54) is 26.1 Å². The molecule has 0 saturated carbocycles. The van der Waals surface area contributed by atoms with Gasteiger partial charge in [0.2, 0.25) is 0 Å².